The van der Waals surface area contributed by atoms with Gasteiger partial charge in [0.2, 0.25) is 0 Å². The molecular formula is C18H29NO. The molecule has 0 amide bonds. The van der Waals surface area contributed by atoms with Crippen LogP contribution in [0.5, 0.6) is 0 Å². The standard InChI is InChI=1S/C15H21NO.C3H8/c1-13-4-2-5-14(12-13)16-9-7-15(8-10-16)6-3-11-17-15;1-3-2/h2,4-5,12H,3,6-11H2,1H3;3H2,1-2H3. The number of hydrogen-bond donors (Lipinski definition) is 0. The SMILES string of the molecule is CCC.Cc1cccc(N2CCC3(CCCO3)CC2)c1. The first-order valence-corrected chi connectivity index (χ1v) is 8.15. The molecular weight excluding hydrogens is 246 g/mol. The number of aryl methyl sites for hydroxylation is 1. The summed E-state index contributed by atoms with van der Waals surface area (Å²) >= 11 is 0. The molecule has 20 heavy (non-hydrogen) atoms. The van der Waals surface area contributed by atoms with Crippen LogP contribution < -0.4 is 4.90 Å². The molecule has 1 aromatic carbocycles. The Bertz CT molecular complexity index is 400. The summed E-state index contributed by atoms with van der Waals surface area (Å²) in [4.78, 5) is 2.50. The molecule has 0 bridgehead atoms. The minimum absolute atomic E-state index is 0.236. The molecule has 112 valence electrons. The lowest BCUT2D eigenvalue weighted by Gasteiger charge is -2.39. The molecule has 3 rings (SSSR count). The minimum atomic E-state index is 0.236. The number of rotatable bonds is 1. The summed E-state index contributed by atoms with van der Waals surface area (Å²) in [6.45, 7) is 9.67. The van der Waals surface area contributed by atoms with Gasteiger partial charge in [0.1, 0.15) is 0 Å². The summed E-state index contributed by atoms with van der Waals surface area (Å²) in [7, 11) is 0. The summed E-state index contributed by atoms with van der Waals surface area (Å²) in [6.07, 6.45) is 6.17. The van der Waals surface area contributed by atoms with E-state index in [0.29, 0.717) is 0 Å². The van der Waals surface area contributed by atoms with E-state index in [1.54, 1.807) is 0 Å². The molecule has 1 spiro atoms. The fourth-order valence-electron chi connectivity index (χ4n) is 3.15. The molecule has 2 aliphatic heterocycles. The van der Waals surface area contributed by atoms with E-state index in [2.05, 4.69) is 49.9 Å². The zero-order valence-electron chi connectivity index (χ0n) is 13.3. The number of ether oxygens (including phenoxy) is 1. The lowest BCUT2D eigenvalue weighted by Crippen LogP contribution is -2.44. The second-order valence-corrected chi connectivity index (χ2v) is 6.17. The molecule has 2 heterocycles. The maximum Gasteiger partial charge on any atom is 0.0717 e. The predicted octanol–water partition coefficient (Wildman–Crippen LogP) is 4.56. The van der Waals surface area contributed by atoms with Crippen LogP contribution in [0.25, 0.3) is 0 Å². The number of piperidine rings is 1. The van der Waals surface area contributed by atoms with E-state index < -0.39 is 0 Å². The quantitative estimate of drug-likeness (QED) is 0.745. The molecule has 2 aliphatic rings. The zero-order valence-corrected chi connectivity index (χ0v) is 13.3. The largest absolute Gasteiger partial charge is 0.375 e. The Morgan fingerprint density at radius 1 is 1.15 bits per heavy atom. The van der Waals surface area contributed by atoms with Crippen molar-refractivity contribution in [2.45, 2.75) is 58.5 Å². The fourth-order valence-corrected chi connectivity index (χ4v) is 3.15. The Labute approximate surface area is 124 Å². The third-order valence-corrected chi connectivity index (χ3v) is 4.23. The Hall–Kier alpha value is -1.02. The van der Waals surface area contributed by atoms with E-state index in [0.717, 1.165) is 19.7 Å². The predicted molar refractivity (Wildman–Crippen MR) is 86.5 cm³/mol. The highest BCUT2D eigenvalue weighted by atomic mass is 16.5. The Morgan fingerprint density at radius 2 is 1.85 bits per heavy atom. The van der Waals surface area contributed by atoms with Crippen LogP contribution in [0.3, 0.4) is 0 Å². The van der Waals surface area contributed by atoms with Gasteiger partial charge in [0.25, 0.3) is 0 Å². The topological polar surface area (TPSA) is 12.5 Å². The first-order valence-electron chi connectivity index (χ1n) is 8.15. The Morgan fingerprint density at radius 3 is 2.40 bits per heavy atom. The van der Waals surface area contributed by atoms with Crippen LogP contribution in [0.2, 0.25) is 0 Å². The summed E-state index contributed by atoms with van der Waals surface area (Å²) < 4.78 is 5.96. The molecule has 0 atom stereocenters. The van der Waals surface area contributed by atoms with E-state index in [4.69, 9.17) is 4.74 Å². The zero-order chi connectivity index (χ0) is 14.4. The number of hydrogen-bond acceptors (Lipinski definition) is 2. The number of anilines is 1. The minimum Gasteiger partial charge on any atom is -0.375 e. The van der Waals surface area contributed by atoms with Crippen LogP contribution in [0, 0.1) is 6.92 Å². The van der Waals surface area contributed by atoms with Gasteiger partial charge in [-0.25, -0.2) is 0 Å². The van der Waals surface area contributed by atoms with Gasteiger partial charge in [0.05, 0.1) is 5.60 Å². The van der Waals surface area contributed by atoms with E-state index in [9.17, 15) is 0 Å². The highest BCUT2D eigenvalue weighted by molar-refractivity contribution is 5.48. The summed E-state index contributed by atoms with van der Waals surface area (Å²) in [6, 6.07) is 8.82. The maximum atomic E-state index is 5.96. The second kappa shape index (κ2) is 7.12. The maximum absolute atomic E-state index is 5.96. The van der Waals surface area contributed by atoms with Crippen molar-refractivity contribution in [3.63, 3.8) is 0 Å². The third-order valence-electron chi connectivity index (χ3n) is 4.23. The van der Waals surface area contributed by atoms with E-state index in [-0.39, 0.29) is 5.60 Å². The van der Waals surface area contributed by atoms with Crippen molar-refractivity contribution in [2.24, 2.45) is 0 Å². The second-order valence-electron chi connectivity index (χ2n) is 6.17. The van der Waals surface area contributed by atoms with Gasteiger partial charge in [0, 0.05) is 25.4 Å². The summed E-state index contributed by atoms with van der Waals surface area (Å²) in [5.41, 5.74) is 2.96. The molecule has 0 aromatic heterocycles. The van der Waals surface area contributed by atoms with E-state index in [1.165, 1.54) is 43.4 Å². The molecule has 0 saturated carbocycles. The van der Waals surface area contributed by atoms with Crippen LogP contribution in [-0.4, -0.2) is 25.3 Å². The smallest absolute Gasteiger partial charge is 0.0717 e. The Kier molecular flexibility index (Phi) is 5.47. The van der Waals surface area contributed by atoms with E-state index in [1.807, 2.05) is 0 Å². The molecule has 2 nitrogen and oxygen atoms in total. The van der Waals surface area contributed by atoms with Crippen LogP contribution in [-0.2, 0) is 4.74 Å². The lowest BCUT2D eigenvalue weighted by atomic mass is 9.88. The molecule has 0 radical (unpaired) electrons. The first-order chi connectivity index (χ1) is 9.69. The fraction of sp³-hybridized carbons (Fsp3) is 0.667. The van der Waals surface area contributed by atoms with Gasteiger partial charge in [-0.1, -0.05) is 32.4 Å². The van der Waals surface area contributed by atoms with Crippen LogP contribution in [0.15, 0.2) is 24.3 Å². The van der Waals surface area contributed by atoms with Gasteiger partial charge >= 0.3 is 0 Å². The number of benzene rings is 1. The molecule has 0 unspecified atom stereocenters. The van der Waals surface area contributed by atoms with Crippen LogP contribution in [0.1, 0.15) is 51.5 Å². The number of nitrogens with zero attached hydrogens (tertiary/aromatic N) is 1. The molecule has 1 aromatic rings. The normalized spacial score (nSPS) is 20.6. The molecule has 2 heteroatoms. The van der Waals surface area contributed by atoms with Crippen molar-refractivity contribution in [1.82, 2.24) is 0 Å². The average molecular weight is 275 g/mol. The van der Waals surface area contributed by atoms with Gasteiger partial charge in [-0.15, -0.1) is 0 Å². The monoisotopic (exact) mass is 275 g/mol. The highest BCUT2D eigenvalue weighted by Gasteiger charge is 2.38. The average Bonchev–Trinajstić information content (AvgIpc) is 2.89. The first kappa shape index (κ1) is 15.4. The van der Waals surface area contributed by atoms with Crippen molar-refractivity contribution in [1.29, 1.82) is 0 Å². The van der Waals surface area contributed by atoms with Gasteiger partial charge < -0.3 is 9.64 Å². The summed E-state index contributed by atoms with van der Waals surface area (Å²) in [5.74, 6) is 0. The van der Waals surface area contributed by atoms with Crippen molar-refractivity contribution >= 4 is 5.69 Å². The van der Waals surface area contributed by atoms with Gasteiger partial charge in [0.15, 0.2) is 0 Å². The van der Waals surface area contributed by atoms with Gasteiger partial charge in [-0.2, -0.15) is 0 Å². The molecule has 0 aliphatic carbocycles. The summed E-state index contributed by atoms with van der Waals surface area (Å²) in [5, 5.41) is 0. The van der Waals surface area contributed by atoms with Crippen molar-refractivity contribution < 1.29 is 4.74 Å². The third kappa shape index (κ3) is 3.76. The van der Waals surface area contributed by atoms with Gasteiger partial charge in [-0.05, 0) is 50.3 Å². The Balaban J connectivity index is 0.000000452. The van der Waals surface area contributed by atoms with Crippen molar-refractivity contribution in [2.75, 3.05) is 24.6 Å². The van der Waals surface area contributed by atoms with Crippen LogP contribution >= 0.6 is 0 Å². The molecule has 0 N–H and O–H groups in total. The molecule has 2 saturated heterocycles. The van der Waals surface area contributed by atoms with Crippen LogP contribution in [0.4, 0.5) is 5.69 Å². The van der Waals surface area contributed by atoms with Crippen molar-refractivity contribution in [3.05, 3.63) is 29.8 Å². The van der Waals surface area contributed by atoms with Crippen molar-refractivity contribution in [3.8, 4) is 0 Å². The molecule has 2 fully saturated rings. The lowest BCUT2D eigenvalue weighted by molar-refractivity contribution is -0.0146. The van der Waals surface area contributed by atoms with Gasteiger partial charge in [-0.3, -0.25) is 0 Å². The van der Waals surface area contributed by atoms with E-state index >= 15 is 0 Å². The highest BCUT2D eigenvalue weighted by Crippen LogP contribution is 2.36.